The van der Waals surface area contributed by atoms with Gasteiger partial charge >= 0.3 is 0 Å². The molecule has 0 N–H and O–H groups in total. The number of nitrogens with zero attached hydrogens (tertiary/aromatic N) is 1. The predicted octanol–water partition coefficient (Wildman–Crippen LogP) is 2.49. The lowest BCUT2D eigenvalue weighted by atomic mass is 9.85. The van der Waals surface area contributed by atoms with Crippen molar-refractivity contribution >= 4 is 5.78 Å². The summed E-state index contributed by atoms with van der Waals surface area (Å²) in [6.07, 6.45) is 2.85. The Hall–Kier alpha value is -0.410. The third kappa shape index (κ3) is 2.35. The molecule has 3 heteroatoms. The van der Waals surface area contributed by atoms with Crippen LogP contribution in [0.1, 0.15) is 47.0 Å². The van der Waals surface area contributed by atoms with Crippen molar-refractivity contribution in [3.8, 4) is 0 Å². The summed E-state index contributed by atoms with van der Waals surface area (Å²) in [6, 6.07) is 0.0928. The van der Waals surface area contributed by atoms with E-state index in [1.165, 1.54) is 0 Å². The zero-order valence-electron chi connectivity index (χ0n) is 12.2. The minimum absolute atomic E-state index is 0.0928. The number of rotatable bonds is 4. The summed E-state index contributed by atoms with van der Waals surface area (Å²) in [6.45, 7) is 11.4. The molecule has 104 valence electrons. The van der Waals surface area contributed by atoms with E-state index in [0.717, 1.165) is 32.6 Å². The summed E-state index contributed by atoms with van der Waals surface area (Å²) in [5.74, 6) is 1.48. The molecule has 2 aliphatic heterocycles. The van der Waals surface area contributed by atoms with Crippen LogP contribution < -0.4 is 0 Å². The van der Waals surface area contributed by atoms with Gasteiger partial charge in [-0.3, -0.25) is 9.69 Å². The van der Waals surface area contributed by atoms with Crippen molar-refractivity contribution in [2.24, 2.45) is 11.8 Å². The monoisotopic (exact) mass is 253 g/mol. The first-order valence-corrected chi connectivity index (χ1v) is 7.38. The molecule has 2 heterocycles. The number of hydrogen-bond donors (Lipinski definition) is 0. The Morgan fingerprint density at radius 3 is 2.72 bits per heavy atom. The summed E-state index contributed by atoms with van der Waals surface area (Å²) >= 11 is 0. The van der Waals surface area contributed by atoms with Crippen LogP contribution in [0.15, 0.2) is 0 Å². The zero-order valence-corrected chi connectivity index (χ0v) is 12.2. The molecule has 3 nitrogen and oxygen atoms in total. The second kappa shape index (κ2) is 5.30. The average Bonchev–Trinajstić information content (AvgIpc) is 2.78. The lowest BCUT2D eigenvalue weighted by Crippen LogP contribution is -2.51. The van der Waals surface area contributed by atoms with Gasteiger partial charge in [-0.1, -0.05) is 13.8 Å². The second-order valence-corrected chi connectivity index (χ2v) is 6.37. The molecule has 0 aliphatic carbocycles. The van der Waals surface area contributed by atoms with E-state index < -0.39 is 0 Å². The van der Waals surface area contributed by atoms with E-state index >= 15 is 0 Å². The highest BCUT2D eigenvalue weighted by Gasteiger charge is 2.49. The van der Waals surface area contributed by atoms with Gasteiger partial charge in [0.05, 0.1) is 12.6 Å². The van der Waals surface area contributed by atoms with E-state index in [9.17, 15) is 4.79 Å². The van der Waals surface area contributed by atoms with Crippen molar-refractivity contribution in [1.29, 1.82) is 0 Å². The Morgan fingerprint density at radius 2 is 2.11 bits per heavy atom. The number of Topliss-reactive ketones (excluding diaryl/α,β-unsaturated/α-hetero) is 1. The van der Waals surface area contributed by atoms with Gasteiger partial charge in [-0.05, 0) is 32.6 Å². The van der Waals surface area contributed by atoms with Gasteiger partial charge in [0.15, 0.2) is 0 Å². The molecule has 2 aliphatic rings. The van der Waals surface area contributed by atoms with Gasteiger partial charge in [-0.2, -0.15) is 0 Å². The molecule has 3 atom stereocenters. The zero-order chi connectivity index (χ0) is 13.3. The van der Waals surface area contributed by atoms with Crippen LogP contribution in [0.4, 0.5) is 0 Å². The fraction of sp³-hybridized carbons (Fsp3) is 0.933. The molecule has 0 bridgehead atoms. The molecule has 0 aromatic carbocycles. The van der Waals surface area contributed by atoms with Crippen molar-refractivity contribution < 1.29 is 9.53 Å². The van der Waals surface area contributed by atoms with Gasteiger partial charge in [0.2, 0.25) is 0 Å². The molecule has 3 unspecified atom stereocenters. The highest BCUT2D eigenvalue weighted by Crippen LogP contribution is 2.40. The van der Waals surface area contributed by atoms with Crippen LogP contribution in [0, 0.1) is 11.8 Å². The van der Waals surface area contributed by atoms with E-state index in [4.69, 9.17) is 4.74 Å². The molecule has 2 fully saturated rings. The molecule has 0 aromatic rings. The first-order valence-electron chi connectivity index (χ1n) is 7.38. The van der Waals surface area contributed by atoms with Gasteiger partial charge in [0.25, 0.3) is 0 Å². The number of hydrogen-bond acceptors (Lipinski definition) is 3. The topological polar surface area (TPSA) is 29.5 Å². The van der Waals surface area contributed by atoms with Crippen LogP contribution in [0.3, 0.4) is 0 Å². The smallest absolute Gasteiger partial charge is 0.150 e. The van der Waals surface area contributed by atoms with Gasteiger partial charge in [-0.25, -0.2) is 0 Å². The largest absolute Gasteiger partial charge is 0.381 e. The fourth-order valence-electron chi connectivity index (χ4n) is 3.43. The Kier molecular flexibility index (Phi) is 4.12. The third-order valence-electron chi connectivity index (χ3n) is 5.04. The molecule has 0 spiro atoms. The van der Waals surface area contributed by atoms with Crippen LogP contribution >= 0.6 is 0 Å². The van der Waals surface area contributed by atoms with Crippen LogP contribution in [0.2, 0.25) is 0 Å². The summed E-state index contributed by atoms with van der Waals surface area (Å²) < 4.78 is 5.62. The Morgan fingerprint density at radius 1 is 1.39 bits per heavy atom. The molecule has 18 heavy (non-hydrogen) atoms. The van der Waals surface area contributed by atoms with Crippen molar-refractivity contribution in [3.63, 3.8) is 0 Å². The number of carbonyl (C=O) groups excluding carboxylic acids is 1. The van der Waals surface area contributed by atoms with Crippen LogP contribution in [0.25, 0.3) is 0 Å². The lowest BCUT2D eigenvalue weighted by molar-refractivity contribution is -0.127. The summed E-state index contributed by atoms with van der Waals surface area (Å²) in [4.78, 5) is 14.8. The van der Waals surface area contributed by atoms with E-state index in [1.54, 1.807) is 0 Å². The SMILES string of the molecule is CCC(=O)C1C2COCCC2CN1C(C)(C)CC. The number of ketones is 1. The maximum atomic E-state index is 12.3. The first kappa shape index (κ1) is 14.0. The van der Waals surface area contributed by atoms with E-state index in [2.05, 4.69) is 25.7 Å². The number of likely N-dealkylation sites (tertiary alicyclic amines) is 1. The van der Waals surface area contributed by atoms with Crippen molar-refractivity contribution in [3.05, 3.63) is 0 Å². The lowest BCUT2D eigenvalue weighted by Gasteiger charge is -2.39. The number of fused-ring (bicyclic) bond motifs is 1. The molecule has 0 aromatic heterocycles. The minimum atomic E-state index is 0.0928. The summed E-state index contributed by atoms with van der Waals surface area (Å²) in [5.41, 5.74) is 0.118. The van der Waals surface area contributed by atoms with Crippen LogP contribution in [-0.2, 0) is 9.53 Å². The fourth-order valence-corrected chi connectivity index (χ4v) is 3.43. The summed E-state index contributed by atoms with van der Waals surface area (Å²) in [5, 5.41) is 0. The van der Waals surface area contributed by atoms with Crippen molar-refractivity contribution in [1.82, 2.24) is 4.90 Å². The maximum Gasteiger partial charge on any atom is 0.150 e. The van der Waals surface area contributed by atoms with Gasteiger partial charge < -0.3 is 4.74 Å². The third-order valence-corrected chi connectivity index (χ3v) is 5.04. The van der Waals surface area contributed by atoms with E-state index in [1.807, 2.05) is 6.92 Å². The summed E-state index contributed by atoms with van der Waals surface area (Å²) in [7, 11) is 0. The van der Waals surface area contributed by atoms with Crippen molar-refractivity contribution in [2.75, 3.05) is 19.8 Å². The predicted molar refractivity (Wildman–Crippen MR) is 72.6 cm³/mol. The van der Waals surface area contributed by atoms with Gasteiger partial charge in [0, 0.05) is 31.0 Å². The second-order valence-electron chi connectivity index (χ2n) is 6.37. The maximum absolute atomic E-state index is 12.3. The van der Waals surface area contributed by atoms with Crippen LogP contribution in [-0.4, -0.2) is 42.0 Å². The highest BCUT2D eigenvalue weighted by molar-refractivity contribution is 5.84. The first-order chi connectivity index (χ1) is 8.51. The average molecular weight is 253 g/mol. The van der Waals surface area contributed by atoms with E-state index in [0.29, 0.717) is 24.0 Å². The number of carbonyl (C=O) groups is 1. The molecule has 2 saturated heterocycles. The molecular formula is C15H27NO2. The Bertz CT molecular complexity index is 314. The number of ether oxygens (including phenoxy) is 1. The molecule has 2 rings (SSSR count). The molecule has 0 radical (unpaired) electrons. The van der Waals surface area contributed by atoms with E-state index in [-0.39, 0.29) is 11.6 Å². The standard InChI is InChI=1S/C15H27NO2/c1-5-13(17)14-12-10-18-8-7-11(12)9-16(14)15(3,4)6-2/h11-12,14H,5-10H2,1-4H3. The molecular weight excluding hydrogens is 226 g/mol. The minimum Gasteiger partial charge on any atom is -0.381 e. The van der Waals surface area contributed by atoms with Crippen LogP contribution in [0.5, 0.6) is 0 Å². The normalized spacial score (nSPS) is 33.4. The van der Waals surface area contributed by atoms with Gasteiger partial charge in [0.1, 0.15) is 5.78 Å². The highest BCUT2D eigenvalue weighted by atomic mass is 16.5. The Labute approximate surface area is 111 Å². The van der Waals surface area contributed by atoms with Gasteiger partial charge in [-0.15, -0.1) is 0 Å². The molecule has 0 amide bonds. The quantitative estimate of drug-likeness (QED) is 0.771. The Balaban J connectivity index is 2.25. The van der Waals surface area contributed by atoms with Crippen molar-refractivity contribution in [2.45, 2.75) is 58.5 Å². The molecule has 0 saturated carbocycles.